The number of carbonyl (C=O) groups is 1. The van der Waals surface area contributed by atoms with E-state index in [9.17, 15) is 4.79 Å². The Morgan fingerprint density at radius 1 is 1.07 bits per heavy atom. The van der Waals surface area contributed by atoms with Crippen molar-refractivity contribution in [2.45, 2.75) is 19.9 Å². The fourth-order valence-electron chi connectivity index (χ4n) is 4.99. The summed E-state index contributed by atoms with van der Waals surface area (Å²) in [6, 6.07) is 13.2. The number of hydrogen-bond acceptors (Lipinski definition) is 10. The highest BCUT2D eigenvalue weighted by atomic mass is 16.5. The summed E-state index contributed by atoms with van der Waals surface area (Å²) in [5.41, 5.74) is 4.42. The number of H-pyrrole nitrogens is 1. The Kier molecular flexibility index (Phi) is 6.79. The van der Waals surface area contributed by atoms with Crippen LogP contribution in [0.3, 0.4) is 0 Å². The number of carbonyl (C=O) groups excluding carboxylic acids is 1. The van der Waals surface area contributed by atoms with Crippen molar-refractivity contribution >= 4 is 45.3 Å². The molecule has 1 fully saturated rings. The van der Waals surface area contributed by atoms with Crippen molar-refractivity contribution < 1.29 is 14.3 Å². The molecule has 2 aromatic carbocycles. The Bertz CT molecular complexity index is 1770. The standard InChI is InChI=1S/C29H29N9O3/c1-5-27(39)38-11-10-37(15-18(38)3)26-9-8-21-28(33-26)29(31-16-30-21)32-23-12-17(2)24(14-25(23)40-4)41-19-6-7-20-22(13-19)35-36-34-20/h5-9,12-14,16,18H,1,10-11,15H2,2-4H3,(H,30,31,32)(H,34,35,36)/t18-/m1/s1. The number of methoxy groups -OCH3 is 1. The molecule has 0 saturated carbocycles. The minimum atomic E-state index is -0.0554. The number of amides is 1. The second-order valence-electron chi connectivity index (χ2n) is 9.81. The summed E-state index contributed by atoms with van der Waals surface area (Å²) in [7, 11) is 1.60. The zero-order valence-electron chi connectivity index (χ0n) is 23.0. The largest absolute Gasteiger partial charge is 0.494 e. The van der Waals surface area contributed by atoms with Crippen LogP contribution in [0.5, 0.6) is 17.2 Å². The second kappa shape index (κ2) is 10.7. The van der Waals surface area contributed by atoms with Gasteiger partial charge in [0, 0.05) is 37.8 Å². The first kappa shape index (κ1) is 26.0. The predicted molar refractivity (Wildman–Crippen MR) is 156 cm³/mol. The molecule has 4 heterocycles. The lowest BCUT2D eigenvalue weighted by Gasteiger charge is -2.40. The monoisotopic (exact) mass is 551 g/mol. The lowest BCUT2D eigenvalue weighted by molar-refractivity contribution is -0.128. The van der Waals surface area contributed by atoms with Crippen LogP contribution in [-0.2, 0) is 4.79 Å². The van der Waals surface area contributed by atoms with E-state index in [2.05, 4.69) is 42.2 Å². The van der Waals surface area contributed by atoms with Gasteiger partial charge in [0.05, 0.1) is 18.3 Å². The summed E-state index contributed by atoms with van der Waals surface area (Å²) in [6.07, 6.45) is 2.87. The van der Waals surface area contributed by atoms with E-state index in [1.165, 1.54) is 12.4 Å². The molecule has 12 nitrogen and oxygen atoms in total. The first-order valence-corrected chi connectivity index (χ1v) is 13.2. The lowest BCUT2D eigenvalue weighted by atomic mass is 10.1. The molecule has 1 atom stereocenters. The number of pyridine rings is 1. The maximum absolute atomic E-state index is 12.2. The minimum Gasteiger partial charge on any atom is -0.494 e. The number of hydrogen-bond donors (Lipinski definition) is 2. The highest BCUT2D eigenvalue weighted by molar-refractivity contribution is 5.89. The van der Waals surface area contributed by atoms with Gasteiger partial charge in [-0.25, -0.2) is 15.0 Å². The molecule has 1 saturated heterocycles. The summed E-state index contributed by atoms with van der Waals surface area (Å²) in [5.74, 6) is 3.15. The number of rotatable bonds is 7. The third-order valence-electron chi connectivity index (χ3n) is 7.14. The Morgan fingerprint density at radius 2 is 1.90 bits per heavy atom. The normalized spacial score (nSPS) is 15.2. The Morgan fingerprint density at radius 3 is 2.71 bits per heavy atom. The molecule has 1 aliphatic rings. The highest BCUT2D eigenvalue weighted by Crippen LogP contribution is 2.37. The highest BCUT2D eigenvalue weighted by Gasteiger charge is 2.27. The molecule has 2 N–H and O–H groups in total. The van der Waals surface area contributed by atoms with Crippen LogP contribution in [-0.4, -0.2) is 74.0 Å². The lowest BCUT2D eigenvalue weighted by Crippen LogP contribution is -2.53. The topological polar surface area (TPSA) is 134 Å². The van der Waals surface area contributed by atoms with Crippen LogP contribution in [0.15, 0.2) is 61.4 Å². The molecule has 0 radical (unpaired) electrons. The second-order valence-corrected chi connectivity index (χ2v) is 9.81. The van der Waals surface area contributed by atoms with Crippen LogP contribution in [0.4, 0.5) is 17.3 Å². The first-order chi connectivity index (χ1) is 19.9. The number of piperazine rings is 1. The number of aryl methyl sites for hydroxylation is 1. The molecular weight excluding hydrogens is 522 g/mol. The minimum absolute atomic E-state index is 0.0298. The van der Waals surface area contributed by atoms with E-state index in [4.69, 9.17) is 14.5 Å². The molecule has 0 unspecified atom stereocenters. The summed E-state index contributed by atoms with van der Waals surface area (Å²) < 4.78 is 11.9. The quantitative estimate of drug-likeness (QED) is 0.281. The maximum atomic E-state index is 12.2. The number of ether oxygens (including phenoxy) is 2. The number of anilines is 3. The van der Waals surface area contributed by atoms with Crippen molar-refractivity contribution in [2.75, 3.05) is 37.0 Å². The molecule has 208 valence electrons. The zero-order valence-corrected chi connectivity index (χ0v) is 23.0. The first-order valence-electron chi connectivity index (χ1n) is 13.2. The van der Waals surface area contributed by atoms with Crippen LogP contribution >= 0.6 is 0 Å². The van der Waals surface area contributed by atoms with E-state index in [0.717, 1.165) is 22.4 Å². The molecule has 5 aromatic rings. The van der Waals surface area contributed by atoms with Gasteiger partial charge in [-0.15, -0.1) is 0 Å². The summed E-state index contributed by atoms with van der Waals surface area (Å²) in [6.45, 7) is 9.52. The maximum Gasteiger partial charge on any atom is 0.246 e. The van der Waals surface area contributed by atoms with Crippen LogP contribution in [0, 0.1) is 6.92 Å². The van der Waals surface area contributed by atoms with Crippen molar-refractivity contribution in [1.82, 2.24) is 35.3 Å². The Balaban J connectivity index is 1.27. The van der Waals surface area contributed by atoms with Gasteiger partial charge in [0.2, 0.25) is 5.91 Å². The van der Waals surface area contributed by atoms with Gasteiger partial charge in [0.1, 0.15) is 45.9 Å². The molecule has 1 aliphatic heterocycles. The molecule has 0 spiro atoms. The molecule has 3 aromatic heterocycles. The number of nitrogens with zero attached hydrogens (tertiary/aromatic N) is 7. The summed E-state index contributed by atoms with van der Waals surface area (Å²) in [5, 5.41) is 14.2. The third kappa shape index (κ3) is 5.07. The molecule has 1 amide bonds. The molecule has 6 rings (SSSR count). The van der Waals surface area contributed by atoms with E-state index >= 15 is 0 Å². The molecule has 12 heteroatoms. The van der Waals surface area contributed by atoms with Crippen LogP contribution < -0.4 is 19.7 Å². The van der Waals surface area contributed by atoms with Gasteiger partial charge in [-0.2, -0.15) is 15.4 Å². The van der Waals surface area contributed by atoms with Crippen LogP contribution in [0.2, 0.25) is 0 Å². The van der Waals surface area contributed by atoms with E-state index in [1.54, 1.807) is 7.11 Å². The van der Waals surface area contributed by atoms with Crippen molar-refractivity contribution in [3.05, 3.63) is 67.0 Å². The predicted octanol–water partition coefficient (Wildman–Crippen LogP) is 4.37. The van der Waals surface area contributed by atoms with Crippen molar-refractivity contribution in [1.29, 1.82) is 0 Å². The molecule has 0 bridgehead atoms. The van der Waals surface area contributed by atoms with Gasteiger partial charge in [0.25, 0.3) is 0 Å². The van der Waals surface area contributed by atoms with Gasteiger partial charge in [-0.3, -0.25) is 4.79 Å². The average molecular weight is 552 g/mol. The third-order valence-corrected chi connectivity index (χ3v) is 7.14. The summed E-state index contributed by atoms with van der Waals surface area (Å²) >= 11 is 0. The number of aromatic amines is 1. The smallest absolute Gasteiger partial charge is 0.246 e. The van der Waals surface area contributed by atoms with Gasteiger partial charge >= 0.3 is 0 Å². The van der Waals surface area contributed by atoms with Crippen LogP contribution in [0.1, 0.15) is 12.5 Å². The van der Waals surface area contributed by atoms with Gasteiger partial charge in [-0.05, 0) is 55.8 Å². The number of nitrogens with one attached hydrogen (secondary N) is 2. The van der Waals surface area contributed by atoms with Gasteiger partial charge in [0.15, 0.2) is 5.82 Å². The van der Waals surface area contributed by atoms with E-state index < -0.39 is 0 Å². The van der Waals surface area contributed by atoms with Crippen molar-refractivity contribution in [3.63, 3.8) is 0 Å². The molecule has 41 heavy (non-hydrogen) atoms. The number of aromatic nitrogens is 6. The fraction of sp³-hybridized carbons (Fsp3) is 0.241. The van der Waals surface area contributed by atoms with Crippen molar-refractivity contribution in [2.24, 2.45) is 0 Å². The molecular formula is C29H29N9O3. The SMILES string of the molecule is C=CC(=O)N1CCN(c2ccc3ncnc(Nc4cc(C)c(Oc5ccc6n[nH]nc6c5)cc4OC)c3n2)C[C@H]1C. The van der Waals surface area contributed by atoms with E-state index in [-0.39, 0.29) is 11.9 Å². The molecule has 0 aliphatic carbocycles. The van der Waals surface area contributed by atoms with Crippen molar-refractivity contribution in [3.8, 4) is 17.2 Å². The fourth-order valence-corrected chi connectivity index (χ4v) is 4.99. The number of fused-ring (bicyclic) bond motifs is 2. The zero-order chi connectivity index (χ0) is 28.5. The Labute approximate surface area is 236 Å². The average Bonchev–Trinajstić information content (AvgIpc) is 3.46. The summed E-state index contributed by atoms with van der Waals surface area (Å²) in [4.78, 5) is 30.0. The van der Waals surface area contributed by atoms with Gasteiger partial charge < -0.3 is 24.6 Å². The van der Waals surface area contributed by atoms with Crippen LogP contribution in [0.25, 0.3) is 22.1 Å². The van der Waals surface area contributed by atoms with E-state index in [1.807, 2.05) is 61.2 Å². The Hall–Kier alpha value is -5.26. The van der Waals surface area contributed by atoms with Gasteiger partial charge in [-0.1, -0.05) is 6.58 Å². The van der Waals surface area contributed by atoms with E-state index in [0.29, 0.717) is 59.4 Å². The number of benzene rings is 2.